The minimum absolute atomic E-state index is 0.0955. The normalized spacial score (nSPS) is 22.7. The van der Waals surface area contributed by atoms with Crippen LogP contribution in [0.15, 0.2) is 35.5 Å². The molecule has 1 aromatic carbocycles. The molecule has 148 valence electrons. The lowest BCUT2D eigenvalue weighted by molar-refractivity contribution is 0.0164. The summed E-state index contributed by atoms with van der Waals surface area (Å²) in [6.07, 6.45) is 1.41. The van der Waals surface area contributed by atoms with Crippen molar-refractivity contribution in [1.82, 2.24) is 9.80 Å². The van der Waals surface area contributed by atoms with Crippen LogP contribution >= 0.6 is 0 Å². The van der Waals surface area contributed by atoms with Crippen LogP contribution in [-0.2, 0) is 14.3 Å². The van der Waals surface area contributed by atoms with Gasteiger partial charge in [0.1, 0.15) is 19.3 Å². The number of carbonyl (C=O) groups excluding carboxylic acids is 1. The molecule has 0 radical (unpaired) electrons. The Kier molecular flexibility index (Phi) is 5.77. The number of rotatable bonds is 3. The number of nitrogens with zero attached hydrogens (tertiary/aromatic N) is 3. The second-order valence-electron chi connectivity index (χ2n) is 7.90. The van der Waals surface area contributed by atoms with Gasteiger partial charge in [-0.2, -0.15) is 0 Å². The summed E-state index contributed by atoms with van der Waals surface area (Å²) in [6, 6.07) is 11.1. The first-order valence-corrected chi connectivity index (χ1v) is 9.44. The average Bonchev–Trinajstić information content (AvgIpc) is 3.05. The van der Waals surface area contributed by atoms with Gasteiger partial charge < -0.3 is 24.1 Å². The Morgan fingerprint density at radius 1 is 1.19 bits per heavy atom. The average molecular weight is 375 g/mol. The fourth-order valence-electron chi connectivity index (χ4n) is 3.59. The zero-order chi connectivity index (χ0) is 19.4. The molecule has 2 aliphatic heterocycles. The van der Waals surface area contributed by atoms with Gasteiger partial charge in [-0.25, -0.2) is 4.79 Å². The maximum atomic E-state index is 12.3. The monoisotopic (exact) mass is 375 g/mol. The Hall–Kier alpha value is -2.44. The van der Waals surface area contributed by atoms with Crippen molar-refractivity contribution in [2.45, 2.75) is 51.3 Å². The molecule has 0 saturated carbocycles. The summed E-state index contributed by atoms with van der Waals surface area (Å²) in [6.45, 7) is 7.50. The summed E-state index contributed by atoms with van der Waals surface area (Å²) >= 11 is 0. The second kappa shape index (κ2) is 8.06. The van der Waals surface area contributed by atoms with Gasteiger partial charge in [-0.15, -0.1) is 0 Å². The molecule has 2 saturated heterocycles. The number of amides is 1. The van der Waals surface area contributed by atoms with E-state index in [2.05, 4.69) is 22.2 Å². The number of carbonyl (C=O) groups is 1. The van der Waals surface area contributed by atoms with Gasteiger partial charge >= 0.3 is 12.1 Å². The summed E-state index contributed by atoms with van der Waals surface area (Å²) in [5, 5.41) is 4.07. The van der Waals surface area contributed by atoms with Crippen molar-refractivity contribution in [3.05, 3.63) is 35.9 Å². The molecule has 2 aliphatic rings. The lowest BCUT2D eigenvalue weighted by atomic mass is 9.99. The van der Waals surface area contributed by atoms with E-state index in [0.29, 0.717) is 25.7 Å². The van der Waals surface area contributed by atoms with Crippen molar-refractivity contribution < 1.29 is 19.1 Å². The quantitative estimate of drug-likeness (QED) is 0.758. The van der Waals surface area contributed by atoms with Crippen LogP contribution in [-0.4, -0.2) is 60.4 Å². The predicted molar refractivity (Wildman–Crippen MR) is 102 cm³/mol. The molecule has 7 nitrogen and oxygen atoms in total. The third-order valence-electron chi connectivity index (χ3n) is 4.79. The molecule has 3 rings (SSSR count). The zero-order valence-electron chi connectivity index (χ0n) is 16.6. The molecule has 0 bridgehead atoms. The van der Waals surface area contributed by atoms with Crippen molar-refractivity contribution in [3.8, 4) is 0 Å². The first-order chi connectivity index (χ1) is 12.9. The number of ether oxygens (including phenoxy) is 2. The van der Waals surface area contributed by atoms with Gasteiger partial charge in [0.2, 0.25) is 0 Å². The van der Waals surface area contributed by atoms with Crippen LogP contribution in [0.3, 0.4) is 0 Å². The van der Waals surface area contributed by atoms with E-state index in [-0.39, 0.29) is 18.2 Å². The highest BCUT2D eigenvalue weighted by atomic mass is 16.6. The molecule has 0 N–H and O–H groups in total. The van der Waals surface area contributed by atoms with Crippen molar-refractivity contribution in [2.24, 2.45) is 5.16 Å². The molecule has 0 spiro atoms. The number of piperidine rings is 1. The van der Waals surface area contributed by atoms with Gasteiger partial charge in [-0.1, -0.05) is 30.3 Å². The number of hydrogen-bond donors (Lipinski definition) is 0. The molecule has 27 heavy (non-hydrogen) atoms. The molecule has 1 amide bonds. The van der Waals surface area contributed by atoms with Crippen LogP contribution in [0.1, 0.15) is 45.2 Å². The first-order valence-electron chi connectivity index (χ1n) is 9.44. The minimum atomic E-state index is -0.479. The molecular weight excluding hydrogens is 346 g/mol. The van der Waals surface area contributed by atoms with Gasteiger partial charge in [0, 0.05) is 19.1 Å². The van der Waals surface area contributed by atoms with Crippen LogP contribution < -0.4 is 0 Å². The predicted octanol–water partition coefficient (Wildman–Crippen LogP) is 3.38. The fourth-order valence-corrected chi connectivity index (χ4v) is 3.59. The Morgan fingerprint density at radius 3 is 2.44 bits per heavy atom. The molecule has 1 atom stereocenters. The van der Waals surface area contributed by atoms with E-state index in [0.717, 1.165) is 12.8 Å². The third kappa shape index (κ3) is 4.64. The summed E-state index contributed by atoms with van der Waals surface area (Å²) in [5.74, 6) is 0. The van der Waals surface area contributed by atoms with E-state index >= 15 is 0 Å². The van der Waals surface area contributed by atoms with E-state index in [1.54, 1.807) is 4.90 Å². The van der Waals surface area contributed by atoms with Crippen LogP contribution in [0.4, 0.5) is 4.79 Å². The van der Waals surface area contributed by atoms with Crippen molar-refractivity contribution in [1.29, 1.82) is 0 Å². The lowest BCUT2D eigenvalue weighted by Gasteiger charge is -2.39. The molecule has 0 unspecified atom stereocenters. The van der Waals surface area contributed by atoms with Gasteiger partial charge in [0.25, 0.3) is 0 Å². The smallest absolute Gasteiger partial charge is 0.410 e. The van der Waals surface area contributed by atoms with Gasteiger partial charge in [0.05, 0.1) is 6.04 Å². The Labute approximate surface area is 160 Å². The first kappa shape index (κ1) is 19.3. The Morgan fingerprint density at radius 2 is 1.85 bits per heavy atom. The van der Waals surface area contributed by atoms with Crippen LogP contribution in [0.25, 0.3) is 0 Å². The summed E-state index contributed by atoms with van der Waals surface area (Å²) in [7, 11) is 1.52. The molecule has 1 aromatic rings. The number of benzene rings is 1. The lowest BCUT2D eigenvalue weighted by Crippen LogP contribution is -2.49. The van der Waals surface area contributed by atoms with E-state index < -0.39 is 5.60 Å². The second-order valence-corrected chi connectivity index (χ2v) is 7.90. The molecule has 0 aliphatic carbocycles. The topological polar surface area (TPSA) is 63.6 Å². The molecule has 7 heteroatoms. The summed E-state index contributed by atoms with van der Waals surface area (Å²) < 4.78 is 11.3. The van der Waals surface area contributed by atoms with E-state index in [4.69, 9.17) is 14.3 Å². The SMILES string of the molecule is CON=C1OC[C@@H](c2ccccc2)N1C1CCN(C(=O)OC(C)(C)C)CC1. The van der Waals surface area contributed by atoms with Crippen LogP contribution in [0.2, 0.25) is 0 Å². The van der Waals surface area contributed by atoms with E-state index in [1.165, 1.54) is 12.7 Å². The molecule has 2 fully saturated rings. The third-order valence-corrected chi connectivity index (χ3v) is 4.79. The van der Waals surface area contributed by atoms with Gasteiger partial charge in [-0.05, 0) is 44.3 Å². The standard InChI is InChI=1S/C20H29N3O4/c1-20(2,3)27-19(24)22-12-10-16(11-13-22)23-17(14-26-18(23)21-25-4)15-8-6-5-7-9-15/h5-9,16-17H,10-14H2,1-4H3/t17-/m0/s1. The minimum Gasteiger partial charge on any atom is -0.460 e. The zero-order valence-corrected chi connectivity index (χ0v) is 16.6. The highest BCUT2D eigenvalue weighted by Crippen LogP contribution is 2.33. The highest BCUT2D eigenvalue weighted by molar-refractivity contribution is 5.76. The summed E-state index contributed by atoms with van der Waals surface area (Å²) in [4.78, 5) is 21.3. The largest absolute Gasteiger partial charge is 0.460 e. The molecule has 0 aromatic heterocycles. The van der Waals surface area contributed by atoms with Gasteiger partial charge in [-0.3, -0.25) is 0 Å². The Balaban J connectivity index is 1.70. The van der Waals surface area contributed by atoms with E-state index in [9.17, 15) is 4.79 Å². The van der Waals surface area contributed by atoms with E-state index in [1.807, 2.05) is 39.0 Å². The fraction of sp³-hybridized carbons (Fsp3) is 0.600. The summed E-state index contributed by atoms with van der Waals surface area (Å²) in [5.41, 5.74) is 0.710. The number of amidine groups is 1. The molecule has 2 heterocycles. The number of oxime groups is 1. The Bertz CT molecular complexity index is 664. The van der Waals surface area contributed by atoms with Crippen LogP contribution in [0.5, 0.6) is 0 Å². The van der Waals surface area contributed by atoms with Crippen LogP contribution in [0, 0.1) is 0 Å². The maximum absolute atomic E-state index is 12.3. The number of likely N-dealkylation sites (tertiary alicyclic amines) is 1. The molecular formula is C20H29N3O4. The van der Waals surface area contributed by atoms with Crippen molar-refractivity contribution >= 4 is 12.1 Å². The van der Waals surface area contributed by atoms with Gasteiger partial charge in [0.15, 0.2) is 0 Å². The number of hydrogen-bond acceptors (Lipinski definition) is 5. The maximum Gasteiger partial charge on any atom is 0.410 e. The van der Waals surface area contributed by atoms with Crippen molar-refractivity contribution in [3.63, 3.8) is 0 Å². The van der Waals surface area contributed by atoms with Crippen molar-refractivity contribution in [2.75, 3.05) is 26.8 Å². The highest BCUT2D eigenvalue weighted by Gasteiger charge is 2.40.